The minimum absolute atomic E-state index is 0.257. The molecule has 2 aliphatic heterocycles. The number of aliphatic hydroxyl groups excluding tert-OH is 1. The monoisotopic (exact) mass is 236 g/mol. The summed E-state index contributed by atoms with van der Waals surface area (Å²) in [5.41, 5.74) is 1.40. The fraction of sp³-hybridized carbons (Fsp3) is 0.455. The number of carbonyl (C=O) groups is 2. The van der Waals surface area contributed by atoms with Gasteiger partial charge in [-0.3, -0.25) is 4.79 Å². The molecule has 17 heavy (non-hydrogen) atoms. The Morgan fingerprint density at radius 2 is 2.24 bits per heavy atom. The lowest BCUT2D eigenvalue weighted by atomic mass is 9.87. The number of rotatable bonds is 0. The number of nitrogens with one attached hydrogen (secondary N) is 2. The third kappa shape index (κ3) is 1.61. The van der Waals surface area contributed by atoms with Gasteiger partial charge >= 0.3 is 12.0 Å². The fourth-order valence-corrected chi connectivity index (χ4v) is 2.37. The molecule has 0 radical (unpaired) electrons. The van der Waals surface area contributed by atoms with Gasteiger partial charge in [-0.15, -0.1) is 0 Å². The number of amides is 2. The minimum Gasteiger partial charge on any atom is -0.457 e. The molecular formula is C11H12N2O4. The highest BCUT2D eigenvalue weighted by atomic mass is 16.5. The minimum atomic E-state index is -0.605. The molecule has 3 aliphatic rings. The summed E-state index contributed by atoms with van der Waals surface area (Å²) in [7, 11) is 0. The molecule has 0 aromatic heterocycles. The summed E-state index contributed by atoms with van der Waals surface area (Å²) in [6, 6.07) is -0.309. The highest BCUT2D eigenvalue weighted by Gasteiger charge is 2.41. The van der Waals surface area contributed by atoms with Gasteiger partial charge < -0.3 is 20.5 Å². The van der Waals surface area contributed by atoms with Gasteiger partial charge in [0.05, 0.1) is 6.10 Å². The summed E-state index contributed by atoms with van der Waals surface area (Å²) in [5.74, 6) is -0.817. The van der Waals surface area contributed by atoms with Crippen LogP contribution in [0.4, 0.5) is 4.79 Å². The normalized spacial score (nSPS) is 35.5. The van der Waals surface area contributed by atoms with Crippen molar-refractivity contribution in [3.05, 3.63) is 23.4 Å². The van der Waals surface area contributed by atoms with Gasteiger partial charge in [0.15, 0.2) is 0 Å². The largest absolute Gasteiger partial charge is 0.457 e. The highest BCUT2D eigenvalue weighted by molar-refractivity contribution is 5.86. The van der Waals surface area contributed by atoms with Gasteiger partial charge in [-0.25, -0.2) is 4.79 Å². The van der Waals surface area contributed by atoms with E-state index in [0.29, 0.717) is 12.1 Å². The van der Waals surface area contributed by atoms with E-state index in [1.54, 1.807) is 12.2 Å². The molecule has 2 amide bonds. The van der Waals surface area contributed by atoms with Crippen LogP contribution in [-0.4, -0.2) is 35.9 Å². The van der Waals surface area contributed by atoms with Crippen LogP contribution in [0.25, 0.3) is 0 Å². The lowest BCUT2D eigenvalue weighted by molar-refractivity contribution is -0.154. The summed E-state index contributed by atoms with van der Waals surface area (Å²) in [5, 5.41) is 14.7. The molecule has 0 bridgehead atoms. The van der Waals surface area contributed by atoms with Crippen molar-refractivity contribution in [1.82, 2.24) is 10.6 Å². The molecule has 90 valence electrons. The van der Waals surface area contributed by atoms with Crippen molar-refractivity contribution in [2.75, 3.05) is 6.54 Å². The van der Waals surface area contributed by atoms with Crippen LogP contribution in [-0.2, 0) is 9.53 Å². The molecule has 0 saturated carbocycles. The van der Waals surface area contributed by atoms with E-state index in [4.69, 9.17) is 4.74 Å². The van der Waals surface area contributed by atoms with Crippen LogP contribution in [0.5, 0.6) is 0 Å². The SMILES string of the molecule is O=C1NCC2C(=O)OC3CC(O)C=CC3=C2N1. The van der Waals surface area contributed by atoms with Crippen LogP contribution >= 0.6 is 0 Å². The molecule has 1 saturated heterocycles. The van der Waals surface area contributed by atoms with Crippen molar-refractivity contribution in [2.24, 2.45) is 5.92 Å². The first-order valence-electron chi connectivity index (χ1n) is 5.51. The summed E-state index contributed by atoms with van der Waals surface area (Å²) >= 11 is 0. The van der Waals surface area contributed by atoms with Gasteiger partial charge in [-0.05, 0) is 0 Å². The summed E-state index contributed by atoms with van der Waals surface area (Å²) in [6.45, 7) is 0.257. The van der Waals surface area contributed by atoms with Crippen LogP contribution in [0, 0.1) is 5.92 Å². The topological polar surface area (TPSA) is 87.7 Å². The summed E-state index contributed by atoms with van der Waals surface area (Å²) in [6.07, 6.45) is 2.65. The zero-order valence-corrected chi connectivity index (χ0v) is 8.97. The van der Waals surface area contributed by atoms with E-state index in [9.17, 15) is 14.7 Å². The van der Waals surface area contributed by atoms with Crippen molar-refractivity contribution >= 4 is 12.0 Å². The van der Waals surface area contributed by atoms with Crippen molar-refractivity contribution in [2.45, 2.75) is 18.6 Å². The number of aliphatic hydroxyl groups is 1. The Labute approximate surface area is 97.3 Å². The first-order valence-corrected chi connectivity index (χ1v) is 5.51. The molecule has 6 nitrogen and oxygen atoms in total. The van der Waals surface area contributed by atoms with Crippen LogP contribution < -0.4 is 10.6 Å². The second-order valence-corrected chi connectivity index (χ2v) is 4.34. The quantitative estimate of drug-likeness (QED) is 0.491. The van der Waals surface area contributed by atoms with Gasteiger partial charge in [0, 0.05) is 24.2 Å². The average molecular weight is 236 g/mol. The molecule has 0 aromatic rings. The van der Waals surface area contributed by atoms with E-state index >= 15 is 0 Å². The number of hydrogen-bond donors (Lipinski definition) is 3. The van der Waals surface area contributed by atoms with Crippen LogP contribution in [0.1, 0.15) is 6.42 Å². The Morgan fingerprint density at radius 1 is 1.41 bits per heavy atom. The molecule has 0 spiro atoms. The van der Waals surface area contributed by atoms with Crippen molar-refractivity contribution in [3.8, 4) is 0 Å². The third-order valence-electron chi connectivity index (χ3n) is 3.22. The van der Waals surface area contributed by atoms with E-state index < -0.39 is 18.1 Å². The van der Waals surface area contributed by atoms with Crippen molar-refractivity contribution in [3.63, 3.8) is 0 Å². The second kappa shape index (κ2) is 3.59. The lowest BCUT2D eigenvalue weighted by Gasteiger charge is -2.37. The standard InChI is InChI=1S/C11H12N2O4/c14-5-1-2-6-8(3-5)17-10(15)7-4-12-11(16)13-9(6)7/h1-2,5,7-8,14H,3-4H2,(H2,12,13,16). The van der Waals surface area contributed by atoms with E-state index in [1.807, 2.05) is 0 Å². The van der Waals surface area contributed by atoms with Gasteiger partial charge in [0.25, 0.3) is 0 Å². The Kier molecular flexibility index (Phi) is 2.19. The lowest BCUT2D eigenvalue weighted by Crippen LogP contribution is -2.53. The van der Waals surface area contributed by atoms with Gasteiger partial charge in [0.1, 0.15) is 12.0 Å². The van der Waals surface area contributed by atoms with E-state index in [1.165, 1.54) is 0 Å². The number of fused-ring (bicyclic) bond motifs is 2. The number of urea groups is 1. The van der Waals surface area contributed by atoms with Gasteiger partial charge in [-0.2, -0.15) is 0 Å². The Balaban J connectivity index is 2.04. The average Bonchev–Trinajstić information content (AvgIpc) is 2.28. The first kappa shape index (κ1) is 10.3. The smallest absolute Gasteiger partial charge is 0.319 e. The van der Waals surface area contributed by atoms with Crippen molar-refractivity contribution in [1.29, 1.82) is 0 Å². The molecule has 3 atom stereocenters. The molecule has 0 aromatic carbocycles. The third-order valence-corrected chi connectivity index (χ3v) is 3.22. The Morgan fingerprint density at radius 3 is 3.06 bits per heavy atom. The molecule has 1 fully saturated rings. The summed E-state index contributed by atoms with van der Waals surface area (Å²) in [4.78, 5) is 23.0. The number of esters is 1. The zero-order chi connectivity index (χ0) is 12.0. The van der Waals surface area contributed by atoms with E-state index in [0.717, 1.165) is 5.57 Å². The maximum absolute atomic E-state index is 11.7. The highest BCUT2D eigenvalue weighted by Crippen LogP contribution is 2.32. The van der Waals surface area contributed by atoms with Crippen LogP contribution in [0.3, 0.4) is 0 Å². The number of ether oxygens (including phenoxy) is 1. The maximum Gasteiger partial charge on any atom is 0.319 e. The molecule has 3 N–H and O–H groups in total. The number of carbonyl (C=O) groups excluding carboxylic acids is 2. The fourth-order valence-electron chi connectivity index (χ4n) is 2.37. The Hall–Kier alpha value is -1.82. The molecule has 6 heteroatoms. The van der Waals surface area contributed by atoms with Crippen molar-refractivity contribution < 1.29 is 19.4 Å². The Bertz CT molecular complexity index is 454. The molecule has 3 rings (SSSR count). The van der Waals surface area contributed by atoms with E-state index in [-0.39, 0.29) is 18.5 Å². The first-order chi connectivity index (χ1) is 8.15. The maximum atomic E-state index is 11.7. The number of hydrogen-bond acceptors (Lipinski definition) is 4. The van der Waals surface area contributed by atoms with Crippen LogP contribution in [0.15, 0.2) is 23.4 Å². The predicted octanol–water partition coefficient (Wildman–Crippen LogP) is -0.584. The molecular weight excluding hydrogens is 224 g/mol. The molecule has 3 unspecified atom stereocenters. The summed E-state index contributed by atoms with van der Waals surface area (Å²) < 4.78 is 5.27. The van der Waals surface area contributed by atoms with Gasteiger partial charge in [0.2, 0.25) is 0 Å². The molecule has 2 heterocycles. The molecule has 1 aliphatic carbocycles. The van der Waals surface area contributed by atoms with E-state index in [2.05, 4.69) is 10.6 Å². The zero-order valence-electron chi connectivity index (χ0n) is 8.97. The van der Waals surface area contributed by atoms with Crippen LogP contribution in [0.2, 0.25) is 0 Å². The predicted molar refractivity (Wildman–Crippen MR) is 56.7 cm³/mol. The van der Waals surface area contributed by atoms with Gasteiger partial charge in [-0.1, -0.05) is 12.2 Å². The second-order valence-electron chi connectivity index (χ2n) is 4.34.